The molecule has 0 aliphatic heterocycles. The highest BCUT2D eigenvalue weighted by Crippen LogP contribution is 2.11. The van der Waals surface area contributed by atoms with Crippen LogP contribution in [0.2, 0.25) is 0 Å². The number of aliphatic hydroxyl groups excluding tert-OH is 1. The molecule has 4 heteroatoms. The van der Waals surface area contributed by atoms with E-state index in [0.29, 0.717) is 5.71 Å². The zero-order chi connectivity index (χ0) is 11.5. The number of hydrogen-bond acceptors (Lipinski definition) is 3. The van der Waals surface area contributed by atoms with E-state index in [-0.39, 0.29) is 12.1 Å². The van der Waals surface area contributed by atoms with Crippen molar-refractivity contribution in [3.05, 3.63) is 35.5 Å². The van der Waals surface area contributed by atoms with Crippen molar-refractivity contribution in [2.24, 2.45) is 0 Å². The highest BCUT2D eigenvalue weighted by molar-refractivity contribution is 6.26. The minimum atomic E-state index is -0.351. The second-order valence-corrected chi connectivity index (χ2v) is 4.42. The molecule has 3 nitrogen and oxygen atoms in total. The molecule has 0 heterocycles. The first kappa shape index (κ1) is 11.8. The van der Waals surface area contributed by atoms with E-state index in [1.165, 1.54) is 0 Å². The molecule has 0 saturated heterocycles. The third kappa shape index (κ3) is 3.40. The summed E-state index contributed by atoms with van der Waals surface area (Å²) in [7, 11) is 1.99. The van der Waals surface area contributed by atoms with Crippen LogP contribution >= 0.6 is 0 Å². The van der Waals surface area contributed by atoms with Gasteiger partial charge >= 0.3 is 0 Å². The summed E-state index contributed by atoms with van der Waals surface area (Å²) < 4.78 is 0. The molecule has 1 aliphatic rings. The van der Waals surface area contributed by atoms with Crippen LogP contribution < -0.4 is 5.32 Å². The van der Waals surface area contributed by atoms with Crippen molar-refractivity contribution < 1.29 is 5.11 Å². The van der Waals surface area contributed by atoms with Gasteiger partial charge in [0.25, 0.3) is 0 Å². The van der Waals surface area contributed by atoms with Crippen LogP contribution in [0.5, 0.6) is 0 Å². The molecular formula is C11H17BN2O. The normalized spacial score (nSPS) is 19.3. The van der Waals surface area contributed by atoms with Gasteiger partial charge in [-0.15, -0.1) is 0 Å². The Balaban J connectivity index is 2.76. The Kier molecular flexibility index (Phi) is 3.53. The molecule has 0 amide bonds. The lowest BCUT2D eigenvalue weighted by atomic mass is 9.88. The summed E-state index contributed by atoms with van der Waals surface area (Å²) in [6, 6.07) is 0. The van der Waals surface area contributed by atoms with E-state index in [9.17, 15) is 0 Å². The van der Waals surface area contributed by atoms with Gasteiger partial charge in [0.05, 0.1) is 17.9 Å². The quantitative estimate of drug-likeness (QED) is 0.580. The van der Waals surface area contributed by atoms with E-state index >= 15 is 0 Å². The molecule has 0 aromatic carbocycles. The molecule has 0 atom stereocenters. The molecular weight excluding hydrogens is 187 g/mol. The summed E-state index contributed by atoms with van der Waals surface area (Å²) in [5.74, 6) is 0. The molecule has 0 unspecified atom stereocenters. The van der Waals surface area contributed by atoms with Crippen molar-refractivity contribution in [2.75, 3.05) is 6.61 Å². The van der Waals surface area contributed by atoms with Crippen LogP contribution in [0.25, 0.3) is 0 Å². The van der Waals surface area contributed by atoms with E-state index < -0.39 is 0 Å². The summed E-state index contributed by atoms with van der Waals surface area (Å²) >= 11 is 0. The Labute approximate surface area is 91.5 Å². The fraction of sp³-hybridized carbons (Fsp3) is 0.364. The summed E-state index contributed by atoms with van der Waals surface area (Å²) in [5, 5.41) is 19.9. The van der Waals surface area contributed by atoms with Crippen LogP contribution in [0, 0.1) is 5.41 Å². The van der Waals surface area contributed by atoms with Gasteiger partial charge in [-0.3, -0.25) is 0 Å². The lowest BCUT2D eigenvalue weighted by Gasteiger charge is -2.23. The second kappa shape index (κ2) is 4.49. The van der Waals surface area contributed by atoms with Gasteiger partial charge < -0.3 is 15.8 Å². The zero-order valence-electron chi connectivity index (χ0n) is 9.46. The maximum Gasteiger partial charge on any atom is 0.139 e. The van der Waals surface area contributed by atoms with E-state index in [0.717, 1.165) is 11.0 Å². The summed E-state index contributed by atoms with van der Waals surface area (Å²) in [4.78, 5) is 0. The van der Waals surface area contributed by atoms with Gasteiger partial charge in [-0.25, -0.2) is 0 Å². The highest BCUT2D eigenvalue weighted by Gasteiger charge is 2.14. The fourth-order valence-electron chi connectivity index (χ4n) is 1.12. The van der Waals surface area contributed by atoms with Gasteiger partial charge in [0.15, 0.2) is 0 Å². The monoisotopic (exact) mass is 204 g/mol. The first-order valence-electron chi connectivity index (χ1n) is 4.99. The molecule has 3 N–H and O–H groups in total. The van der Waals surface area contributed by atoms with Gasteiger partial charge in [0, 0.05) is 11.8 Å². The molecule has 15 heavy (non-hydrogen) atoms. The minimum absolute atomic E-state index is 0.0582. The average molecular weight is 204 g/mol. The topological polar surface area (TPSA) is 56.1 Å². The standard InChI is InChI=1S/C11H17BN2O/c1-11(2,7-15)14-6-8-5-9(12)3-4-10(8)13/h3-6,13-15H,7,12H2,1-2H3/b8-6-,13-10?. The minimum Gasteiger partial charge on any atom is -0.394 e. The SMILES string of the molecule is BC1=C/C(=C/NC(C)(C)CO)C(=N)C=C1. The predicted molar refractivity (Wildman–Crippen MR) is 65.9 cm³/mol. The Morgan fingerprint density at radius 2 is 2.20 bits per heavy atom. The molecule has 1 rings (SSSR count). The van der Waals surface area contributed by atoms with E-state index in [2.05, 4.69) is 5.32 Å². The second-order valence-electron chi connectivity index (χ2n) is 4.42. The number of hydrogen-bond donors (Lipinski definition) is 3. The number of allylic oxidation sites excluding steroid dienone is 5. The molecule has 80 valence electrons. The predicted octanol–water partition coefficient (Wildman–Crippen LogP) is 0.337. The molecule has 0 radical (unpaired) electrons. The molecule has 0 saturated carbocycles. The number of aliphatic hydroxyl groups is 1. The molecule has 0 aromatic heterocycles. The molecule has 0 spiro atoms. The Morgan fingerprint density at radius 3 is 2.80 bits per heavy atom. The summed E-state index contributed by atoms with van der Waals surface area (Å²) in [6.45, 7) is 3.87. The van der Waals surface area contributed by atoms with Crippen molar-refractivity contribution in [2.45, 2.75) is 19.4 Å². The maximum absolute atomic E-state index is 9.07. The van der Waals surface area contributed by atoms with Crippen LogP contribution in [0.3, 0.4) is 0 Å². The summed E-state index contributed by atoms with van der Waals surface area (Å²) in [6.07, 6.45) is 7.42. The summed E-state index contributed by atoms with van der Waals surface area (Å²) in [5.41, 5.74) is 2.11. The van der Waals surface area contributed by atoms with Crippen LogP contribution in [0.15, 0.2) is 35.5 Å². The van der Waals surface area contributed by atoms with E-state index in [4.69, 9.17) is 10.5 Å². The van der Waals surface area contributed by atoms with Crippen molar-refractivity contribution >= 4 is 13.6 Å². The Hall–Kier alpha value is -1.29. The van der Waals surface area contributed by atoms with E-state index in [1.54, 1.807) is 12.3 Å². The van der Waals surface area contributed by atoms with Gasteiger partial charge in [-0.05, 0) is 19.9 Å². The number of nitrogens with one attached hydrogen (secondary N) is 2. The lowest BCUT2D eigenvalue weighted by molar-refractivity contribution is 0.201. The van der Waals surface area contributed by atoms with Crippen LogP contribution in [-0.2, 0) is 0 Å². The van der Waals surface area contributed by atoms with Crippen molar-refractivity contribution in [3.63, 3.8) is 0 Å². The maximum atomic E-state index is 9.07. The first-order valence-corrected chi connectivity index (χ1v) is 4.99. The van der Waals surface area contributed by atoms with Crippen LogP contribution in [0.4, 0.5) is 0 Å². The molecule has 0 fully saturated rings. The molecule has 1 aliphatic carbocycles. The van der Waals surface area contributed by atoms with Crippen LogP contribution in [0.1, 0.15) is 13.8 Å². The van der Waals surface area contributed by atoms with Gasteiger partial charge in [0.2, 0.25) is 0 Å². The van der Waals surface area contributed by atoms with Crippen molar-refractivity contribution in [1.82, 2.24) is 5.32 Å². The van der Waals surface area contributed by atoms with Crippen LogP contribution in [-0.4, -0.2) is 30.8 Å². The lowest BCUT2D eigenvalue weighted by Crippen LogP contribution is -2.39. The third-order valence-electron chi connectivity index (χ3n) is 2.22. The Bertz CT molecular complexity index is 354. The van der Waals surface area contributed by atoms with Gasteiger partial charge in [-0.2, -0.15) is 0 Å². The van der Waals surface area contributed by atoms with Crippen molar-refractivity contribution in [1.29, 1.82) is 5.41 Å². The highest BCUT2D eigenvalue weighted by atomic mass is 16.3. The fourth-order valence-corrected chi connectivity index (χ4v) is 1.12. The van der Waals surface area contributed by atoms with Crippen molar-refractivity contribution in [3.8, 4) is 0 Å². The molecule has 0 aromatic rings. The average Bonchev–Trinajstić information content (AvgIpc) is 2.20. The largest absolute Gasteiger partial charge is 0.394 e. The van der Waals surface area contributed by atoms with Gasteiger partial charge in [0.1, 0.15) is 7.85 Å². The Morgan fingerprint density at radius 1 is 1.53 bits per heavy atom. The molecule has 0 bridgehead atoms. The van der Waals surface area contributed by atoms with E-state index in [1.807, 2.05) is 33.8 Å². The van der Waals surface area contributed by atoms with Gasteiger partial charge in [-0.1, -0.05) is 17.6 Å². The number of rotatable bonds is 3. The smallest absolute Gasteiger partial charge is 0.139 e. The zero-order valence-corrected chi connectivity index (χ0v) is 9.46. The third-order valence-corrected chi connectivity index (χ3v) is 2.22. The first-order chi connectivity index (χ1) is 6.94.